The molecule has 1 amide bonds. The summed E-state index contributed by atoms with van der Waals surface area (Å²) < 4.78 is 5.11. The molecule has 0 unspecified atom stereocenters. The van der Waals surface area contributed by atoms with Gasteiger partial charge in [0.1, 0.15) is 0 Å². The lowest BCUT2D eigenvalue weighted by molar-refractivity contribution is 0.0921. The van der Waals surface area contributed by atoms with Gasteiger partial charge in [-0.05, 0) is 43.4 Å². The largest absolute Gasteiger partial charge is 0.385 e. The summed E-state index contributed by atoms with van der Waals surface area (Å²) in [6.07, 6.45) is 0.914. The lowest BCUT2D eigenvalue weighted by atomic mass is 9.89. The lowest BCUT2D eigenvalue weighted by Crippen LogP contribution is -2.35. The minimum Gasteiger partial charge on any atom is -0.385 e. The average Bonchev–Trinajstić information content (AvgIpc) is 2.43. The Balaban J connectivity index is 2.71. The van der Waals surface area contributed by atoms with Crippen LogP contribution in [0.25, 0.3) is 0 Å². The summed E-state index contributed by atoms with van der Waals surface area (Å²) in [4.78, 5) is 12.4. The zero-order valence-corrected chi connectivity index (χ0v) is 13.9. The molecule has 21 heavy (non-hydrogen) atoms. The Morgan fingerprint density at radius 1 is 1.33 bits per heavy atom. The minimum absolute atomic E-state index is 0.0225. The fraction of sp³-hybridized carbons (Fsp3) is 0.588. The number of carbonyl (C=O) groups excluding carboxylic acids is 1. The molecule has 0 fully saturated rings. The number of hydrogen-bond donors (Lipinski definition) is 2. The average molecular weight is 292 g/mol. The van der Waals surface area contributed by atoms with Gasteiger partial charge in [0.2, 0.25) is 0 Å². The molecule has 0 spiro atoms. The second-order valence-corrected chi connectivity index (χ2v) is 6.17. The van der Waals surface area contributed by atoms with Gasteiger partial charge in [0.25, 0.3) is 5.91 Å². The SMILES string of the molecule is CCNc1cc(C)ccc1C(=O)NCC(C)(C)CCOC. The summed E-state index contributed by atoms with van der Waals surface area (Å²) >= 11 is 0. The van der Waals surface area contributed by atoms with Crippen LogP contribution in [-0.4, -0.2) is 32.7 Å². The topological polar surface area (TPSA) is 50.4 Å². The van der Waals surface area contributed by atoms with Crippen LogP contribution < -0.4 is 10.6 Å². The predicted molar refractivity (Wildman–Crippen MR) is 87.9 cm³/mol. The Kier molecular flexibility index (Phi) is 6.69. The molecule has 0 aliphatic heterocycles. The minimum atomic E-state index is -0.0311. The molecular formula is C17H28N2O2. The van der Waals surface area contributed by atoms with Crippen molar-refractivity contribution < 1.29 is 9.53 Å². The Labute approximate surface area is 128 Å². The van der Waals surface area contributed by atoms with Crippen molar-refractivity contribution in [3.8, 4) is 0 Å². The molecule has 1 rings (SSSR count). The van der Waals surface area contributed by atoms with Crippen LogP contribution in [0.5, 0.6) is 0 Å². The maximum absolute atomic E-state index is 12.4. The van der Waals surface area contributed by atoms with Gasteiger partial charge in [-0.2, -0.15) is 0 Å². The Hall–Kier alpha value is -1.55. The van der Waals surface area contributed by atoms with Crippen molar-refractivity contribution in [3.05, 3.63) is 29.3 Å². The monoisotopic (exact) mass is 292 g/mol. The number of aryl methyl sites for hydroxylation is 1. The van der Waals surface area contributed by atoms with Gasteiger partial charge < -0.3 is 15.4 Å². The van der Waals surface area contributed by atoms with Crippen LogP contribution >= 0.6 is 0 Å². The van der Waals surface area contributed by atoms with E-state index in [1.807, 2.05) is 32.0 Å². The molecule has 4 nitrogen and oxygen atoms in total. The van der Waals surface area contributed by atoms with Crippen LogP contribution in [0.15, 0.2) is 18.2 Å². The molecule has 1 aromatic carbocycles. The summed E-state index contributed by atoms with van der Waals surface area (Å²) in [5.74, 6) is -0.0311. The normalized spacial score (nSPS) is 11.3. The van der Waals surface area contributed by atoms with Crippen molar-refractivity contribution in [2.24, 2.45) is 5.41 Å². The van der Waals surface area contributed by atoms with E-state index in [1.54, 1.807) is 7.11 Å². The van der Waals surface area contributed by atoms with E-state index in [4.69, 9.17) is 4.74 Å². The number of hydrogen-bond acceptors (Lipinski definition) is 3. The highest BCUT2D eigenvalue weighted by Crippen LogP contribution is 2.21. The van der Waals surface area contributed by atoms with Gasteiger partial charge in [0.05, 0.1) is 5.56 Å². The Morgan fingerprint density at radius 3 is 2.67 bits per heavy atom. The summed E-state index contributed by atoms with van der Waals surface area (Å²) in [7, 11) is 1.70. The molecule has 0 atom stereocenters. The third-order valence-electron chi connectivity index (χ3n) is 3.50. The van der Waals surface area contributed by atoms with Gasteiger partial charge in [-0.25, -0.2) is 0 Å². The van der Waals surface area contributed by atoms with Gasteiger partial charge in [0.15, 0.2) is 0 Å². The Morgan fingerprint density at radius 2 is 2.05 bits per heavy atom. The number of benzene rings is 1. The van der Waals surface area contributed by atoms with Gasteiger partial charge in [-0.1, -0.05) is 19.9 Å². The third-order valence-corrected chi connectivity index (χ3v) is 3.50. The molecular weight excluding hydrogens is 264 g/mol. The molecule has 0 saturated heterocycles. The molecule has 0 bridgehead atoms. The molecule has 4 heteroatoms. The fourth-order valence-electron chi connectivity index (χ4n) is 2.07. The highest BCUT2D eigenvalue weighted by atomic mass is 16.5. The van der Waals surface area contributed by atoms with Gasteiger partial charge in [-0.3, -0.25) is 4.79 Å². The van der Waals surface area contributed by atoms with Crippen LogP contribution in [0.2, 0.25) is 0 Å². The molecule has 0 heterocycles. The van der Waals surface area contributed by atoms with Crippen LogP contribution in [-0.2, 0) is 4.74 Å². The first-order valence-electron chi connectivity index (χ1n) is 7.51. The van der Waals surface area contributed by atoms with E-state index in [9.17, 15) is 4.79 Å². The standard InChI is InChI=1S/C17H28N2O2/c1-6-18-15-11-13(2)7-8-14(15)16(20)19-12-17(3,4)9-10-21-5/h7-8,11,18H,6,9-10,12H2,1-5H3,(H,19,20). The Bertz CT molecular complexity index is 470. The number of anilines is 1. The van der Waals surface area contributed by atoms with E-state index < -0.39 is 0 Å². The van der Waals surface area contributed by atoms with Crippen molar-refractivity contribution in [2.45, 2.75) is 34.1 Å². The molecule has 118 valence electrons. The van der Waals surface area contributed by atoms with E-state index in [-0.39, 0.29) is 11.3 Å². The molecule has 0 aromatic heterocycles. The van der Waals surface area contributed by atoms with E-state index in [2.05, 4.69) is 24.5 Å². The number of methoxy groups -OCH3 is 1. The molecule has 2 N–H and O–H groups in total. The first kappa shape index (κ1) is 17.5. The van der Waals surface area contributed by atoms with Crippen molar-refractivity contribution in [3.63, 3.8) is 0 Å². The highest BCUT2D eigenvalue weighted by molar-refractivity contribution is 5.99. The van der Waals surface area contributed by atoms with E-state index in [0.717, 1.165) is 24.2 Å². The highest BCUT2D eigenvalue weighted by Gasteiger charge is 2.20. The number of ether oxygens (including phenoxy) is 1. The number of amides is 1. The molecule has 0 aliphatic rings. The second kappa shape index (κ2) is 8.03. The van der Waals surface area contributed by atoms with Crippen LogP contribution in [0.4, 0.5) is 5.69 Å². The van der Waals surface area contributed by atoms with Crippen molar-refractivity contribution >= 4 is 11.6 Å². The van der Waals surface area contributed by atoms with Gasteiger partial charge in [0, 0.05) is 32.5 Å². The molecule has 0 radical (unpaired) electrons. The summed E-state index contributed by atoms with van der Waals surface area (Å²) in [6.45, 7) is 10.4. The molecule has 1 aromatic rings. The zero-order chi connectivity index (χ0) is 15.9. The number of carbonyl (C=O) groups is 1. The van der Waals surface area contributed by atoms with Crippen molar-refractivity contribution in [2.75, 3.05) is 32.1 Å². The van der Waals surface area contributed by atoms with E-state index in [1.165, 1.54) is 0 Å². The first-order chi connectivity index (χ1) is 9.89. The third kappa shape index (κ3) is 5.76. The van der Waals surface area contributed by atoms with Crippen molar-refractivity contribution in [1.82, 2.24) is 5.32 Å². The first-order valence-corrected chi connectivity index (χ1v) is 7.51. The number of nitrogens with one attached hydrogen (secondary N) is 2. The maximum atomic E-state index is 12.4. The smallest absolute Gasteiger partial charge is 0.253 e. The molecule has 0 saturated carbocycles. The summed E-state index contributed by atoms with van der Waals surface area (Å²) in [6, 6.07) is 5.85. The van der Waals surface area contributed by atoms with Crippen molar-refractivity contribution in [1.29, 1.82) is 0 Å². The van der Waals surface area contributed by atoms with Gasteiger partial charge >= 0.3 is 0 Å². The summed E-state index contributed by atoms with van der Waals surface area (Å²) in [5.41, 5.74) is 2.76. The molecule has 0 aliphatic carbocycles. The van der Waals surface area contributed by atoms with Crippen LogP contribution in [0, 0.1) is 12.3 Å². The zero-order valence-electron chi connectivity index (χ0n) is 13.9. The van der Waals surface area contributed by atoms with E-state index in [0.29, 0.717) is 18.7 Å². The van der Waals surface area contributed by atoms with Crippen LogP contribution in [0.3, 0.4) is 0 Å². The van der Waals surface area contributed by atoms with E-state index >= 15 is 0 Å². The predicted octanol–water partition coefficient (Wildman–Crippen LogP) is 3.22. The van der Waals surface area contributed by atoms with Gasteiger partial charge in [-0.15, -0.1) is 0 Å². The second-order valence-electron chi connectivity index (χ2n) is 6.17. The maximum Gasteiger partial charge on any atom is 0.253 e. The lowest BCUT2D eigenvalue weighted by Gasteiger charge is -2.25. The number of rotatable bonds is 8. The fourth-order valence-corrected chi connectivity index (χ4v) is 2.07. The van der Waals surface area contributed by atoms with Crippen LogP contribution in [0.1, 0.15) is 43.1 Å². The summed E-state index contributed by atoms with van der Waals surface area (Å²) in [5, 5.41) is 6.28. The quantitative estimate of drug-likeness (QED) is 0.773.